The van der Waals surface area contributed by atoms with E-state index in [-0.39, 0.29) is 27.6 Å². The van der Waals surface area contributed by atoms with Gasteiger partial charge in [0.2, 0.25) is 17.6 Å². The van der Waals surface area contributed by atoms with Crippen molar-refractivity contribution in [1.29, 1.82) is 0 Å². The minimum atomic E-state index is -4.63. The molecule has 1 amide bonds. The van der Waals surface area contributed by atoms with Crippen LogP contribution in [0, 0.1) is 10.8 Å². The first kappa shape index (κ1) is 29.3. The molecule has 0 N–H and O–H groups in total. The van der Waals surface area contributed by atoms with Crippen molar-refractivity contribution in [3.63, 3.8) is 0 Å². The molecule has 6 aliphatic carbocycles. The topological polar surface area (TPSA) is 85.0 Å². The molecule has 0 spiro atoms. The zero-order valence-electron chi connectivity index (χ0n) is 25.3. The first-order chi connectivity index (χ1) is 20.6. The summed E-state index contributed by atoms with van der Waals surface area (Å²) in [6, 6.07) is 7.26. The fourth-order valence-electron chi connectivity index (χ4n) is 8.17. The summed E-state index contributed by atoms with van der Waals surface area (Å²) in [5.41, 5.74) is -0.0416. The van der Waals surface area contributed by atoms with Crippen molar-refractivity contribution in [1.82, 2.24) is 20.1 Å². The Morgan fingerprint density at radius 1 is 0.909 bits per heavy atom. The van der Waals surface area contributed by atoms with E-state index in [2.05, 4.69) is 35.9 Å². The van der Waals surface area contributed by atoms with Gasteiger partial charge in [-0.05, 0) is 86.3 Å². The lowest BCUT2D eigenvalue weighted by molar-refractivity contribution is -0.215. The van der Waals surface area contributed by atoms with Crippen LogP contribution >= 0.6 is 0 Å². The highest BCUT2D eigenvalue weighted by molar-refractivity contribution is 5.95. The van der Waals surface area contributed by atoms with E-state index in [0.29, 0.717) is 54.9 Å². The first-order valence-electron chi connectivity index (χ1n) is 15.4. The third-order valence-electron chi connectivity index (χ3n) is 10.7. The van der Waals surface area contributed by atoms with Crippen molar-refractivity contribution in [2.24, 2.45) is 10.8 Å². The van der Waals surface area contributed by atoms with Crippen molar-refractivity contribution in [2.75, 3.05) is 11.4 Å². The van der Waals surface area contributed by atoms with Gasteiger partial charge in [-0.3, -0.25) is 4.79 Å². The fraction of sp³-hybridized carbons (Fsp3) is 0.606. The molecule has 2 aromatic heterocycles. The van der Waals surface area contributed by atoms with Gasteiger partial charge >= 0.3 is 6.18 Å². The molecule has 0 saturated heterocycles. The van der Waals surface area contributed by atoms with Gasteiger partial charge in [-0.1, -0.05) is 38.1 Å². The summed E-state index contributed by atoms with van der Waals surface area (Å²) in [7, 11) is 0. The monoisotopic (exact) mass is 611 g/mol. The number of halogens is 4. The van der Waals surface area contributed by atoms with Crippen molar-refractivity contribution in [3.05, 3.63) is 54.2 Å². The Balaban J connectivity index is 1.14. The highest BCUT2D eigenvalue weighted by Gasteiger charge is 2.69. The number of hydrogen-bond acceptors (Lipinski definition) is 6. The van der Waals surface area contributed by atoms with Crippen LogP contribution in [0.25, 0.3) is 11.1 Å². The molecule has 234 valence electrons. The van der Waals surface area contributed by atoms with Crippen molar-refractivity contribution in [2.45, 2.75) is 108 Å². The first-order valence-corrected chi connectivity index (χ1v) is 15.4. The molecule has 6 aliphatic rings. The number of rotatable bonds is 7. The predicted molar refractivity (Wildman–Crippen MR) is 154 cm³/mol. The second-order valence-electron chi connectivity index (χ2n) is 15.1. The second kappa shape index (κ2) is 9.57. The maximum Gasteiger partial charge on any atom is 0.451 e. The average Bonchev–Trinajstić information content (AvgIpc) is 3.48. The van der Waals surface area contributed by atoms with E-state index >= 15 is 0 Å². The summed E-state index contributed by atoms with van der Waals surface area (Å²) in [6.45, 7) is 6.73. The van der Waals surface area contributed by atoms with Crippen LogP contribution in [-0.4, -0.2) is 38.2 Å². The largest absolute Gasteiger partial charge is 0.451 e. The number of amides is 1. The SMILES string of the molecule is CC(C)(C)c1noc(C23CCC(CN(C(=O)CC45CC(F)(C4)C5)c4cccc(-c5cnc(C(F)(F)F)nc5)c4)(CC2)CC3)n1. The molecule has 11 heteroatoms. The Morgan fingerprint density at radius 2 is 1.55 bits per heavy atom. The van der Waals surface area contributed by atoms with E-state index in [1.165, 1.54) is 0 Å². The molecule has 4 bridgehead atoms. The number of aromatic nitrogens is 4. The molecule has 0 unspecified atom stereocenters. The number of carbonyl (C=O) groups is 1. The molecule has 1 aromatic carbocycles. The smallest absolute Gasteiger partial charge is 0.339 e. The van der Waals surface area contributed by atoms with Crippen LogP contribution in [0.1, 0.15) is 103 Å². The lowest BCUT2D eigenvalue weighted by atomic mass is 9.41. The lowest BCUT2D eigenvalue weighted by Gasteiger charge is -2.66. The molecule has 3 aromatic rings. The molecular weight excluding hydrogens is 574 g/mol. The van der Waals surface area contributed by atoms with Gasteiger partial charge in [0.1, 0.15) is 5.67 Å². The Hall–Kier alpha value is -3.37. The number of carbonyl (C=O) groups excluding carboxylic acids is 1. The molecular formula is C33H37F4N5O2. The fourth-order valence-corrected chi connectivity index (χ4v) is 8.17. The van der Waals surface area contributed by atoms with E-state index in [9.17, 15) is 22.4 Å². The Kier molecular flexibility index (Phi) is 6.38. The maximum absolute atomic E-state index is 14.3. The van der Waals surface area contributed by atoms with E-state index in [1.807, 2.05) is 17.0 Å². The predicted octanol–water partition coefficient (Wildman–Crippen LogP) is 7.75. The number of anilines is 1. The van der Waals surface area contributed by atoms with Gasteiger partial charge in [0.25, 0.3) is 0 Å². The van der Waals surface area contributed by atoms with Crippen LogP contribution in [-0.2, 0) is 21.8 Å². The van der Waals surface area contributed by atoms with Gasteiger partial charge in [0.15, 0.2) is 5.82 Å². The number of benzene rings is 1. The quantitative estimate of drug-likeness (QED) is 0.254. The Morgan fingerprint density at radius 3 is 2.09 bits per heavy atom. The standard InChI is InChI=1S/C33H37F4N5O2/c1-28(2,3)25-40-27(44-41-25)31-10-7-29(8-11-31,9-12-31)20-42(24(43)14-30-17-32(34,18-30)19-30)23-6-4-5-21(13-23)22-15-38-26(39-16-22)33(35,36)37/h4-6,13,15-16H,7-12,14,17-20H2,1-3H3. The van der Waals surface area contributed by atoms with Crippen LogP contribution < -0.4 is 4.90 Å². The zero-order chi connectivity index (χ0) is 31.2. The summed E-state index contributed by atoms with van der Waals surface area (Å²) in [5.74, 6) is 0.205. The third kappa shape index (κ3) is 5.00. The minimum Gasteiger partial charge on any atom is -0.339 e. The number of alkyl halides is 4. The van der Waals surface area contributed by atoms with Gasteiger partial charge < -0.3 is 9.42 Å². The molecule has 6 fully saturated rings. The van der Waals surface area contributed by atoms with E-state index in [1.54, 1.807) is 12.1 Å². The summed E-state index contributed by atoms with van der Waals surface area (Å²) < 4.78 is 59.3. The van der Waals surface area contributed by atoms with Crippen molar-refractivity contribution >= 4 is 11.6 Å². The van der Waals surface area contributed by atoms with Crippen LogP contribution in [0.3, 0.4) is 0 Å². The normalized spacial score (nSPS) is 30.9. The molecule has 9 rings (SSSR count). The minimum absolute atomic E-state index is 0.0314. The van der Waals surface area contributed by atoms with Gasteiger partial charge in [0.05, 0.1) is 0 Å². The van der Waals surface area contributed by atoms with E-state index in [4.69, 9.17) is 9.51 Å². The summed E-state index contributed by atoms with van der Waals surface area (Å²) >= 11 is 0. The van der Waals surface area contributed by atoms with Crippen LogP contribution in [0.4, 0.5) is 23.2 Å². The molecule has 44 heavy (non-hydrogen) atoms. The third-order valence-corrected chi connectivity index (χ3v) is 10.7. The molecule has 0 atom stereocenters. The van der Waals surface area contributed by atoms with Crippen LogP contribution in [0.5, 0.6) is 0 Å². The van der Waals surface area contributed by atoms with Crippen LogP contribution in [0.15, 0.2) is 41.2 Å². The van der Waals surface area contributed by atoms with Crippen molar-refractivity contribution in [3.8, 4) is 11.1 Å². The summed E-state index contributed by atoms with van der Waals surface area (Å²) in [5, 5.41) is 4.28. The average molecular weight is 612 g/mol. The molecule has 2 heterocycles. The van der Waals surface area contributed by atoms with Gasteiger partial charge in [0, 0.05) is 47.4 Å². The Labute approximate surface area is 253 Å². The highest BCUT2D eigenvalue weighted by atomic mass is 19.4. The lowest BCUT2D eigenvalue weighted by Crippen LogP contribution is -2.65. The van der Waals surface area contributed by atoms with Gasteiger partial charge in [-0.25, -0.2) is 14.4 Å². The van der Waals surface area contributed by atoms with Crippen molar-refractivity contribution < 1.29 is 26.9 Å². The molecule has 6 saturated carbocycles. The maximum atomic E-state index is 14.3. The molecule has 7 nitrogen and oxygen atoms in total. The number of fused-ring (bicyclic) bond motifs is 3. The van der Waals surface area contributed by atoms with E-state index in [0.717, 1.165) is 56.8 Å². The zero-order valence-corrected chi connectivity index (χ0v) is 25.3. The summed E-state index contributed by atoms with van der Waals surface area (Å²) in [6.07, 6.45) is 4.75. The Bertz CT molecular complexity index is 1550. The van der Waals surface area contributed by atoms with Gasteiger partial charge in [-0.15, -0.1) is 0 Å². The second-order valence-corrected chi connectivity index (χ2v) is 15.1. The van der Waals surface area contributed by atoms with E-state index < -0.39 is 17.7 Å². The highest BCUT2D eigenvalue weighted by Crippen LogP contribution is 2.71. The van der Waals surface area contributed by atoms with Crippen LogP contribution in [0.2, 0.25) is 0 Å². The summed E-state index contributed by atoms with van der Waals surface area (Å²) in [4.78, 5) is 27.7. The van der Waals surface area contributed by atoms with Gasteiger partial charge in [-0.2, -0.15) is 18.2 Å². The number of nitrogens with zero attached hydrogens (tertiary/aromatic N) is 5. The number of hydrogen-bond donors (Lipinski definition) is 0. The molecule has 0 aliphatic heterocycles. The molecule has 0 radical (unpaired) electrons.